The summed E-state index contributed by atoms with van der Waals surface area (Å²) >= 11 is 5.93. The number of rotatable bonds is 7. The molecule has 0 spiro atoms. The lowest BCUT2D eigenvalue weighted by molar-refractivity contribution is 0.602. The van der Waals surface area contributed by atoms with Crippen LogP contribution in [0.4, 0.5) is 0 Å². The van der Waals surface area contributed by atoms with E-state index in [1.807, 2.05) is 42.6 Å². The van der Waals surface area contributed by atoms with E-state index >= 15 is 0 Å². The second-order valence-corrected chi connectivity index (χ2v) is 9.24. The summed E-state index contributed by atoms with van der Waals surface area (Å²) in [5, 5.41) is 11.6. The Labute approximate surface area is 204 Å². The van der Waals surface area contributed by atoms with Crippen LogP contribution in [0, 0.1) is 0 Å². The first-order chi connectivity index (χ1) is 14.3. The molecular formula is C21H25ClIN5O2S. The lowest BCUT2D eigenvalue weighted by atomic mass is 10.1. The van der Waals surface area contributed by atoms with Crippen LogP contribution >= 0.6 is 35.6 Å². The SMILES string of the molecule is CN=C(NCCc1ccc(S(C)(=O)=O)cc1)NCc1cnn(-c2ccc(Cl)cc2)c1.I. The fourth-order valence-electron chi connectivity index (χ4n) is 2.82. The number of nitrogens with zero attached hydrogens (tertiary/aromatic N) is 3. The van der Waals surface area contributed by atoms with Gasteiger partial charge in [0.25, 0.3) is 0 Å². The maximum atomic E-state index is 11.5. The van der Waals surface area contributed by atoms with Crippen molar-refractivity contribution in [2.45, 2.75) is 17.9 Å². The number of halogens is 2. The van der Waals surface area contributed by atoms with Crippen molar-refractivity contribution >= 4 is 51.4 Å². The van der Waals surface area contributed by atoms with Gasteiger partial charge in [0.05, 0.1) is 16.8 Å². The predicted octanol–water partition coefficient (Wildman–Crippen LogP) is 3.45. The minimum atomic E-state index is -3.17. The molecule has 0 aliphatic rings. The molecule has 0 unspecified atom stereocenters. The van der Waals surface area contributed by atoms with Crippen LogP contribution in [0.25, 0.3) is 5.69 Å². The third kappa shape index (κ3) is 7.51. The fourth-order valence-corrected chi connectivity index (χ4v) is 3.58. The molecular weight excluding hydrogens is 549 g/mol. The number of hydrogen-bond acceptors (Lipinski definition) is 4. The summed E-state index contributed by atoms with van der Waals surface area (Å²) < 4.78 is 24.8. The Morgan fingerprint density at radius 3 is 2.35 bits per heavy atom. The molecule has 0 amide bonds. The van der Waals surface area contributed by atoms with Crippen LogP contribution in [0.5, 0.6) is 0 Å². The second-order valence-electron chi connectivity index (χ2n) is 6.79. The Kier molecular flexibility index (Phi) is 9.32. The maximum Gasteiger partial charge on any atom is 0.191 e. The number of aromatic nitrogens is 2. The first-order valence-electron chi connectivity index (χ1n) is 9.38. The number of guanidine groups is 1. The van der Waals surface area contributed by atoms with Gasteiger partial charge in [0, 0.05) is 43.2 Å². The van der Waals surface area contributed by atoms with Crippen molar-refractivity contribution in [3.63, 3.8) is 0 Å². The number of benzene rings is 2. The van der Waals surface area contributed by atoms with Crippen molar-refractivity contribution < 1.29 is 8.42 Å². The van der Waals surface area contributed by atoms with Crippen molar-refractivity contribution in [3.8, 4) is 5.69 Å². The molecule has 0 saturated carbocycles. The molecule has 0 bridgehead atoms. The summed E-state index contributed by atoms with van der Waals surface area (Å²) in [5.74, 6) is 0.682. The van der Waals surface area contributed by atoms with Gasteiger partial charge in [-0.3, -0.25) is 4.99 Å². The normalized spacial score (nSPS) is 11.6. The van der Waals surface area contributed by atoms with E-state index in [2.05, 4.69) is 20.7 Å². The quantitative estimate of drug-likeness (QED) is 0.257. The van der Waals surface area contributed by atoms with E-state index in [0.717, 1.165) is 23.2 Å². The zero-order valence-corrected chi connectivity index (χ0v) is 21.2. The van der Waals surface area contributed by atoms with Crippen LogP contribution in [0.2, 0.25) is 5.02 Å². The standard InChI is InChI=1S/C21H24ClN5O2S.HI/c1-23-21(24-12-11-16-3-9-20(10-4-16)30(2,28)29)25-13-17-14-26-27(15-17)19-7-5-18(22)6-8-19;/h3-10,14-15H,11-13H2,1-2H3,(H2,23,24,25);1H. The molecule has 0 aliphatic heterocycles. The molecule has 0 radical (unpaired) electrons. The summed E-state index contributed by atoms with van der Waals surface area (Å²) in [6, 6.07) is 14.4. The lowest BCUT2D eigenvalue weighted by Gasteiger charge is -2.11. The molecule has 10 heteroatoms. The van der Waals surface area contributed by atoms with E-state index in [-0.39, 0.29) is 24.0 Å². The Bertz CT molecular complexity index is 1110. The molecule has 0 aliphatic carbocycles. The number of nitrogens with one attached hydrogen (secondary N) is 2. The minimum absolute atomic E-state index is 0. The highest BCUT2D eigenvalue weighted by Crippen LogP contribution is 2.13. The molecule has 3 aromatic rings. The molecule has 1 heterocycles. The van der Waals surface area contributed by atoms with Gasteiger partial charge in [-0.15, -0.1) is 24.0 Å². The molecule has 7 nitrogen and oxygen atoms in total. The van der Waals surface area contributed by atoms with E-state index in [1.54, 1.807) is 30.1 Å². The van der Waals surface area contributed by atoms with Crippen LogP contribution in [0.3, 0.4) is 0 Å². The number of aliphatic imine (C=N–C) groups is 1. The molecule has 2 aromatic carbocycles. The van der Waals surface area contributed by atoms with Gasteiger partial charge in [-0.25, -0.2) is 13.1 Å². The third-order valence-corrected chi connectivity index (χ3v) is 5.85. The number of sulfone groups is 1. The summed E-state index contributed by atoms with van der Waals surface area (Å²) in [6.07, 6.45) is 5.71. The van der Waals surface area contributed by atoms with Crippen molar-refractivity contribution in [2.24, 2.45) is 4.99 Å². The molecule has 0 saturated heterocycles. The van der Waals surface area contributed by atoms with E-state index in [4.69, 9.17) is 11.6 Å². The van der Waals surface area contributed by atoms with E-state index in [9.17, 15) is 8.42 Å². The molecule has 31 heavy (non-hydrogen) atoms. The topological polar surface area (TPSA) is 88.4 Å². The predicted molar refractivity (Wildman–Crippen MR) is 135 cm³/mol. The largest absolute Gasteiger partial charge is 0.356 e. The van der Waals surface area contributed by atoms with Crippen LogP contribution in [0.1, 0.15) is 11.1 Å². The summed E-state index contributed by atoms with van der Waals surface area (Å²) in [6.45, 7) is 1.25. The second kappa shape index (κ2) is 11.5. The van der Waals surface area contributed by atoms with Gasteiger partial charge < -0.3 is 10.6 Å². The average molecular weight is 574 g/mol. The Morgan fingerprint density at radius 2 is 1.74 bits per heavy atom. The average Bonchev–Trinajstić information content (AvgIpc) is 3.20. The molecule has 166 valence electrons. The smallest absolute Gasteiger partial charge is 0.191 e. The monoisotopic (exact) mass is 573 g/mol. The minimum Gasteiger partial charge on any atom is -0.356 e. The van der Waals surface area contributed by atoms with Crippen LogP contribution in [-0.4, -0.2) is 44.0 Å². The Morgan fingerprint density at radius 1 is 1.06 bits per heavy atom. The van der Waals surface area contributed by atoms with Crippen LogP contribution < -0.4 is 10.6 Å². The highest BCUT2D eigenvalue weighted by Gasteiger charge is 2.06. The first kappa shape index (κ1) is 25.2. The zero-order chi connectivity index (χ0) is 21.6. The third-order valence-electron chi connectivity index (χ3n) is 4.47. The molecule has 1 aromatic heterocycles. The fraction of sp³-hybridized carbons (Fsp3) is 0.238. The van der Waals surface area contributed by atoms with Gasteiger partial charge >= 0.3 is 0 Å². The Balaban J connectivity index is 0.00000341. The van der Waals surface area contributed by atoms with Gasteiger partial charge in [0.15, 0.2) is 15.8 Å². The Hall–Kier alpha value is -2.11. The maximum absolute atomic E-state index is 11.5. The summed E-state index contributed by atoms with van der Waals surface area (Å²) in [7, 11) is -1.45. The van der Waals surface area contributed by atoms with Gasteiger partial charge in [-0.1, -0.05) is 23.7 Å². The van der Waals surface area contributed by atoms with Crippen molar-refractivity contribution in [2.75, 3.05) is 19.8 Å². The van der Waals surface area contributed by atoms with Gasteiger partial charge in [0.1, 0.15) is 0 Å². The van der Waals surface area contributed by atoms with Crippen LogP contribution in [-0.2, 0) is 22.8 Å². The highest BCUT2D eigenvalue weighted by molar-refractivity contribution is 14.0. The summed E-state index contributed by atoms with van der Waals surface area (Å²) in [4.78, 5) is 4.56. The molecule has 2 N–H and O–H groups in total. The molecule has 3 rings (SSSR count). The van der Waals surface area contributed by atoms with Crippen LogP contribution in [0.15, 0.2) is 70.8 Å². The van der Waals surface area contributed by atoms with Crippen molar-refractivity contribution in [1.82, 2.24) is 20.4 Å². The van der Waals surface area contributed by atoms with Crippen molar-refractivity contribution in [3.05, 3.63) is 77.1 Å². The van der Waals surface area contributed by atoms with Gasteiger partial charge in [-0.2, -0.15) is 5.10 Å². The first-order valence-corrected chi connectivity index (χ1v) is 11.6. The number of hydrogen-bond donors (Lipinski definition) is 2. The lowest BCUT2D eigenvalue weighted by Crippen LogP contribution is -2.37. The highest BCUT2D eigenvalue weighted by atomic mass is 127. The van der Waals surface area contributed by atoms with Crippen molar-refractivity contribution in [1.29, 1.82) is 0 Å². The zero-order valence-electron chi connectivity index (χ0n) is 17.2. The van der Waals surface area contributed by atoms with Gasteiger partial charge in [-0.05, 0) is 48.4 Å². The van der Waals surface area contributed by atoms with E-state index < -0.39 is 9.84 Å². The summed E-state index contributed by atoms with van der Waals surface area (Å²) in [5.41, 5.74) is 3.01. The molecule has 0 fully saturated rings. The van der Waals surface area contributed by atoms with Gasteiger partial charge in [0.2, 0.25) is 0 Å². The van der Waals surface area contributed by atoms with E-state index in [0.29, 0.717) is 29.0 Å². The molecule has 0 atom stereocenters. The van der Waals surface area contributed by atoms with E-state index in [1.165, 1.54) is 6.26 Å².